The number of esters is 1. The van der Waals surface area contributed by atoms with Crippen LogP contribution in [0.3, 0.4) is 0 Å². The van der Waals surface area contributed by atoms with Gasteiger partial charge in [0.05, 0.1) is 6.61 Å². The molecule has 1 fully saturated rings. The third-order valence-electron chi connectivity index (χ3n) is 7.03. The Kier molecular flexibility index (Phi) is 24.6. The van der Waals surface area contributed by atoms with Crippen LogP contribution in [0.1, 0.15) is 162 Å². The summed E-state index contributed by atoms with van der Waals surface area (Å²) in [5.41, 5.74) is 4.06. The Labute approximate surface area is 251 Å². The van der Waals surface area contributed by atoms with Crippen LogP contribution in [0.25, 0.3) is 0 Å². The zero-order chi connectivity index (χ0) is 32.1. The summed E-state index contributed by atoms with van der Waals surface area (Å²) in [5, 5.41) is 0. The monoisotopic (exact) mass is 563 g/mol. The molecule has 1 saturated carbocycles. The second kappa shape index (κ2) is 23.0. The quantitative estimate of drug-likeness (QED) is 0.196. The van der Waals surface area contributed by atoms with Crippen LogP contribution in [-0.4, -0.2) is 18.4 Å². The summed E-state index contributed by atoms with van der Waals surface area (Å²) in [5.74, 6) is 1.14. The number of hydrogen-bond acceptors (Lipinski definition) is 3. The molecule has 0 spiro atoms. The normalized spacial score (nSPS) is 15.1. The van der Waals surface area contributed by atoms with Gasteiger partial charge in [0.2, 0.25) is 0 Å². The number of carbonyl (C=O) groups is 2. The molecule has 40 heavy (non-hydrogen) atoms. The van der Waals surface area contributed by atoms with Gasteiger partial charge < -0.3 is 4.74 Å². The van der Waals surface area contributed by atoms with Crippen LogP contribution in [0, 0.1) is 22.7 Å². The highest BCUT2D eigenvalue weighted by molar-refractivity contribution is 6.04. The second-order valence-electron chi connectivity index (χ2n) is 12.5. The van der Waals surface area contributed by atoms with Crippen molar-refractivity contribution in [2.24, 2.45) is 22.7 Å². The molecule has 2 aliphatic carbocycles. The average Bonchev–Trinajstić information content (AvgIpc) is 3.72. The molecule has 2 rings (SSSR count). The maximum absolute atomic E-state index is 12.8. The molecule has 0 aromatic heterocycles. The van der Waals surface area contributed by atoms with Crippen molar-refractivity contribution in [3.8, 4) is 0 Å². The molecule has 0 N–H and O–H groups in total. The van der Waals surface area contributed by atoms with E-state index in [-0.39, 0.29) is 28.5 Å². The number of allylic oxidation sites excluding steroid dienone is 5. The molecule has 0 unspecified atom stereocenters. The highest BCUT2D eigenvalue weighted by Crippen LogP contribution is 2.41. The molecule has 0 aromatic rings. The average molecular weight is 563 g/mol. The molecule has 0 heterocycles. The van der Waals surface area contributed by atoms with Gasteiger partial charge in [-0.3, -0.25) is 4.79 Å². The zero-order valence-corrected chi connectivity index (χ0v) is 29.9. The lowest BCUT2D eigenvalue weighted by Gasteiger charge is -2.32. The summed E-state index contributed by atoms with van der Waals surface area (Å²) in [4.78, 5) is 25.5. The van der Waals surface area contributed by atoms with E-state index < -0.39 is 0 Å². The Bertz CT molecular complexity index is 781. The molecule has 0 aliphatic heterocycles. The molecular weight excluding hydrogens is 492 g/mol. The van der Waals surface area contributed by atoms with Gasteiger partial charge in [0.15, 0.2) is 5.78 Å². The summed E-state index contributed by atoms with van der Waals surface area (Å²) in [6.45, 7) is 34.1. The number of ether oxygens (including phenoxy) is 1. The molecule has 0 saturated heterocycles. The van der Waals surface area contributed by atoms with E-state index in [0.717, 1.165) is 25.2 Å². The first-order valence-corrected chi connectivity index (χ1v) is 16.5. The molecule has 0 bridgehead atoms. The van der Waals surface area contributed by atoms with Crippen LogP contribution in [0.5, 0.6) is 0 Å². The summed E-state index contributed by atoms with van der Waals surface area (Å²) < 4.78 is 5.53. The highest BCUT2D eigenvalue weighted by Gasteiger charge is 2.31. The van der Waals surface area contributed by atoms with E-state index in [4.69, 9.17) is 4.74 Å². The number of hydrogen-bond donors (Lipinski definition) is 0. The van der Waals surface area contributed by atoms with E-state index >= 15 is 0 Å². The minimum atomic E-state index is -0.312. The van der Waals surface area contributed by atoms with E-state index in [1.807, 2.05) is 62.3 Å². The number of Topliss-reactive ketones (excluding diaryl/α,β-unsaturated/α-hetero) is 1. The van der Waals surface area contributed by atoms with E-state index in [1.54, 1.807) is 0 Å². The maximum atomic E-state index is 12.8. The van der Waals surface area contributed by atoms with E-state index in [0.29, 0.717) is 37.0 Å². The molecule has 0 amide bonds. The lowest BCUT2D eigenvalue weighted by Crippen LogP contribution is -2.24. The van der Waals surface area contributed by atoms with Crippen molar-refractivity contribution >= 4 is 11.8 Å². The summed E-state index contributed by atoms with van der Waals surface area (Å²) in [6, 6.07) is 0. The fourth-order valence-corrected chi connectivity index (χ4v) is 3.70. The number of carbonyl (C=O) groups excluding carboxylic acids is 2. The topological polar surface area (TPSA) is 43.4 Å². The van der Waals surface area contributed by atoms with Gasteiger partial charge in [-0.1, -0.05) is 140 Å². The Morgan fingerprint density at radius 3 is 1.88 bits per heavy atom. The molecular formula is C37H70O3. The minimum Gasteiger partial charge on any atom is -0.462 e. The molecule has 0 atom stereocenters. The Balaban J connectivity index is -0.00000118. The fourth-order valence-electron chi connectivity index (χ4n) is 3.70. The van der Waals surface area contributed by atoms with E-state index in [9.17, 15) is 9.59 Å². The van der Waals surface area contributed by atoms with Gasteiger partial charge in [-0.05, 0) is 55.3 Å². The van der Waals surface area contributed by atoms with Gasteiger partial charge in [0, 0.05) is 24.0 Å². The standard InChI is InChI=1S/C27H44O3.C4H8.3C2H6/c1-10-12-24(28)22-15-14-21(17-23(22)25(29)30-18-19(2)3)27(8,9)16-11-13-20(4)26(5,6)7;1-4-2-3-4;3*1-2/h13-14,19H,10-12,15-18H2,1-9H3;4H,2-3H2,1H3;3*1-2H3/b20-13+;;;;. The molecule has 3 heteroatoms. The summed E-state index contributed by atoms with van der Waals surface area (Å²) >= 11 is 0. The SMILES string of the molecule is CC.CC.CC.CC1CC1.CCCC(=O)C1=C(C(=O)OCC(C)C)CC(C(C)(C)CC/C=C(\C)C(C)(C)C)=CC1. The van der Waals surface area contributed by atoms with Crippen molar-refractivity contribution in [2.75, 3.05) is 6.61 Å². The first kappa shape index (κ1) is 42.8. The zero-order valence-electron chi connectivity index (χ0n) is 29.9. The lowest BCUT2D eigenvalue weighted by molar-refractivity contribution is -0.140. The van der Waals surface area contributed by atoms with Crippen molar-refractivity contribution in [2.45, 2.75) is 162 Å². The molecule has 0 radical (unpaired) electrons. The van der Waals surface area contributed by atoms with E-state index in [1.165, 1.54) is 24.0 Å². The first-order chi connectivity index (χ1) is 18.7. The highest BCUT2D eigenvalue weighted by atomic mass is 16.5. The van der Waals surface area contributed by atoms with Gasteiger partial charge in [0.25, 0.3) is 0 Å². The van der Waals surface area contributed by atoms with Gasteiger partial charge in [-0.15, -0.1) is 0 Å². The predicted molar refractivity (Wildman–Crippen MR) is 179 cm³/mol. The molecule has 0 aromatic carbocycles. The van der Waals surface area contributed by atoms with Crippen molar-refractivity contribution in [1.82, 2.24) is 0 Å². The molecule has 3 nitrogen and oxygen atoms in total. The van der Waals surface area contributed by atoms with Crippen LogP contribution >= 0.6 is 0 Å². The van der Waals surface area contributed by atoms with Crippen LogP contribution < -0.4 is 0 Å². The lowest BCUT2D eigenvalue weighted by atomic mass is 9.73. The Morgan fingerprint density at radius 2 is 1.48 bits per heavy atom. The van der Waals surface area contributed by atoms with Crippen molar-refractivity contribution in [3.63, 3.8) is 0 Å². The molecule has 236 valence electrons. The Hall–Kier alpha value is -1.64. The Morgan fingerprint density at radius 1 is 0.975 bits per heavy atom. The second-order valence-corrected chi connectivity index (χ2v) is 12.5. The smallest absolute Gasteiger partial charge is 0.334 e. The predicted octanol–water partition coefficient (Wildman–Crippen LogP) is 11.9. The number of ketones is 1. The third kappa shape index (κ3) is 18.7. The third-order valence-corrected chi connectivity index (χ3v) is 7.03. The van der Waals surface area contributed by atoms with E-state index in [2.05, 4.69) is 60.6 Å². The van der Waals surface area contributed by atoms with Crippen LogP contribution in [0.2, 0.25) is 0 Å². The van der Waals surface area contributed by atoms with Crippen LogP contribution in [0.15, 0.2) is 34.4 Å². The van der Waals surface area contributed by atoms with Crippen molar-refractivity contribution in [3.05, 3.63) is 34.4 Å². The van der Waals surface area contributed by atoms with Gasteiger partial charge in [-0.2, -0.15) is 0 Å². The maximum Gasteiger partial charge on any atom is 0.334 e. The fraction of sp³-hybridized carbons (Fsp3) is 0.784. The van der Waals surface area contributed by atoms with Gasteiger partial charge in [-0.25, -0.2) is 4.79 Å². The summed E-state index contributed by atoms with van der Waals surface area (Å²) in [6.07, 6.45) is 11.9. The van der Waals surface area contributed by atoms with Crippen LogP contribution in [0.4, 0.5) is 0 Å². The van der Waals surface area contributed by atoms with Gasteiger partial charge in [0.1, 0.15) is 0 Å². The van der Waals surface area contributed by atoms with Crippen LogP contribution in [-0.2, 0) is 14.3 Å². The van der Waals surface area contributed by atoms with Crippen molar-refractivity contribution in [1.29, 1.82) is 0 Å². The molecule has 2 aliphatic rings. The largest absolute Gasteiger partial charge is 0.462 e. The van der Waals surface area contributed by atoms with Crippen molar-refractivity contribution < 1.29 is 14.3 Å². The minimum absolute atomic E-state index is 0.0302. The van der Waals surface area contributed by atoms with Gasteiger partial charge >= 0.3 is 5.97 Å². The summed E-state index contributed by atoms with van der Waals surface area (Å²) in [7, 11) is 0. The first-order valence-electron chi connectivity index (χ1n) is 16.5. The number of rotatable bonds is 10.